The Bertz CT molecular complexity index is 541. The van der Waals surface area contributed by atoms with Crippen molar-refractivity contribution in [2.75, 3.05) is 11.9 Å². The summed E-state index contributed by atoms with van der Waals surface area (Å²) in [5.41, 5.74) is -0.353. The van der Waals surface area contributed by atoms with Gasteiger partial charge in [0.15, 0.2) is 0 Å². The van der Waals surface area contributed by atoms with E-state index in [1.807, 2.05) is 13.8 Å². The second-order valence-corrected chi connectivity index (χ2v) is 5.27. The van der Waals surface area contributed by atoms with Crippen LogP contribution in [0.15, 0.2) is 24.3 Å². The fourth-order valence-corrected chi connectivity index (χ4v) is 1.57. The number of carbonyl (C=O) groups is 1. The fraction of sp³-hybridized carbons (Fsp3) is 0.467. The largest absolute Gasteiger partial charge is 0.435 e. The van der Waals surface area contributed by atoms with Gasteiger partial charge >= 0.3 is 6.61 Å². The number of nitrogens with one attached hydrogen (secondary N) is 2. The van der Waals surface area contributed by atoms with Crippen LogP contribution < -0.4 is 15.4 Å². The van der Waals surface area contributed by atoms with Crippen LogP contribution in [0.4, 0.5) is 14.5 Å². The molecule has 0 aliphatic heterocycles. The van der Waals surface area contributed by atoms with Crippen LogP contribution in [-0.4, -0.2) is 24.6 Å². The van der Waals surface area contributed by atoms with Crippen molar-refractivity contribution in [1.82, 2.24) is 5.32 Å². The van der Waals surface area contributed by atoms with Crippen LogP contribution in [-0.2, 0) is 4.79 Å². The zero-order chi connectivity index (χ0) is 16.8. The summed E-state index contributed by atoms with van der Waals surface area (Å²) in [6.45, 7) is 2.45. The van der Waals surface area contributed by atoms with Crippen LogP contribution in [0, 0.1) is 17.2 Å². The van der Waals surface area contributed by atoms with Crippen molar-refractivity contribution in [3.63, 3.8) is 0 Å². The van der Waals surface area contributed by atoms with E-state index in [1.165, 1.54) is 24.3 Å². The Morgan fingerprint density at radius 2 is 1.95 bits per heavy atom. The summed E-state index contributed by atoms with van der Waals surface area (Å²) < 4.78 is 28.3. The summed E-state index contributed by atoms with van der Waals surface area (Å²) in [5, 5.41) is 14.6. The molecule has 0 aromatic heterocycles. The quantitative estimate of drug-likeness (QED) is 0.812. The van der Waals surface area contributed by atoms with Crippen LogP contribution in [0.2, 0.25) is 0 Å². The number of carbonyl (C=O) groups excluding carboxylic acids is 1. The molecule has 0 heterocycles. The number of rotatable bonds is 7. The van der Waals surface area contributed by atoms with Gasteiger partial charge in [-0.1, -0.05) is 13.8 Å². The molecule has 1 aromatic rings. The summed E-state index contributed by atoms with van der Waals surface area (Å²) in [5.74, 6) is -0.320. The molecule has 120 valence electrons. The van der Waals surface area contributed by atoms with Gasteiger partial charge in [-0.15, -0.1) is 0 Å². The van der Waals surface area contributed by atoms with Gasteiger partial charge in [-0.05, 0) is 37.1 Å². The minimum atomic E-state index is -2.87. The van der Waals surface area contributed by atoms with E-state index < -0.39 is 12.2 Å². The Morgan fingerprint density at radius 1 is 1.36 bits per heavy atom. The predicted octanol–water partition coefficient (Wildman–Crippen LogP) is 2.75. The molecule has 0 aliphatic rings. The summed E-state index contributed by atoms with van der Waals surface area (Å²) in [6, 6.07) is 7.88. The second-order valence-electron chi connectivity index (χ2n) is 5.27. The molecular formula is C15H19F2N3O2. The number of hydrogen-bond donors (Lipinski definition) is 2. The maximum absolute atomic E-state index is 12.0. The van der Waals surface area contributed by atoms with Crippen molar-refractivity contribution in [2.24, 2.45) is 5.92 Å². The monoisotopic (exact) mass is 311 g/mol. The van der Waals surface area contributed by atoms with E-state index in [9.17, 15) is 13.6 Å². The van der Waals surface area contributed by atoms with Gasteiger partial charge in [0.1, 0.15) is 11.3 Å². The van der Waals surface area contributed by atoms with Gasteiger partial charge in [0.05, 0.1) is 12.6 Å². The maximum atomic E-state index is 12.0. The lowest BCUT2D eigenvalue weighted by Gasteiger charge is -2.27. The molecule has 5 nitrogen and oxygen atoms in total. The van der Waals surface area contributed by atoms with Gasteiger partial charge < -0.3 is 15.4 Å². The highest BCUT2D eigenvalue weighted by atomic mass is 19.3. The molecule has 1 atom stereocenters. The van der Waals surface area contributed by atoms with Crippen molar-refractivity contribution in [2.45, 2.75) is 32.9 Å². The van der Waals surface area contributed by atoms with E-state index >= 15 is 0 Å². The lowest BCUT2D eigenvalue weighted by molar-refractivity contribution is -0.121. The lowest BCUT2D eigenvalue weighted by Crippen LogP contribution is -2.50. The third kappa shape index (κ3) is 5.20. The topological polar surface area (TPSA) is 74.2 Å². The zero-order valence-electron chi connectivity index (χ0n) is 12.7. The number of halogens is 2. The molecule has 1 unspecified atom stereocenters. The molecule has 1 rings (SSSR count). The molecular weight excluding hydrogens is 292 g/mol. The van der Waals surface area contributed by atoms with Gasteiger partial charge in [0.2, 0.25) is 5.91 Å². The number of amides is 1. The highest BCUT2D eigenvalue weighted by Gasteiger charge is 2.29. The van der Waals surface area contributed by atoms with E-state index in [2.05, 4.69) is 21.4 Å². The van der Waals surface area contributed by atoms with Crippen molar-refractivity contribution >= 4 is 11.6 Å². The third-order valence-electron chi connectivity index (χ3n) is 3.32. The number of ether oxygens (including phenoxy) is 1. The molecule has 0 spiro atoms. The molecule has 0 radical (unpaired) electrons. The Balaban J connectivity index is 2.52. The molecule has 0 saturated carbocycles. The Kier molecular flexibility index (Phi) is 6.11. The number of anilines is 1. The van der Waals surface area contributed by atoms with Crippen molar-refractivity contribution in [3.8, 4) is 11.8 Å². The first-order valence-corrected chi connectivity index (χ1v) is 6.78. The molecule has 1 aromatic carbocycles. The summed E-state index contributed by atoms with van der Waals surface area (Å²) in [6.07, 6.45) is 0. The van der Waals surface area contributed by atoms with Gasteiger partial charge in [0.25, 0.3) is 0 Å². The molecule has 0 bridgehead atoms. The summed E-state index contributed by atoms with van der Waals surface area (Å²) in [7, 11) is 0. The number of benzene rings is 1. The van der Waals surface area contributed by atoms with Crippen LogP contribution in [0.5, 0.6) is 5.75 Å². The normalized spacial score (nSPS) is 13.4. The van der Waals surface area contributed by atoms with Crippen LogP contribution >= 0.6 is 0 Å². The zero-order valence-corrected chi connectivity index (χ0v) is 12.7. The fourth-order valence-electron chi connectivity index (χ4n) is 1.57. The molecule has 2 N–H and O–H groups in total. The van der Waals surface area contributed by atoms with Gasteiger partial charge in [-0.3, -0.25) is 4.79 Å². The van der Waals surface area contributed by atoms with E-state index in [0.29, 0.717) is 5.69 Å². The highest BCUT2D eigenvalue weighted by Crippen LogP contribution is 2.18. The highest BCUT2D eigenvalue weighted by molar-refractivity contribution is 5.81. The number of hydrogen-bond acceptors (Lipinski definition) is 4. The summed E-state index contributed by atoms with van der Waals surface area (Å²) >= 11 is 0. The minimum Gasteiger partial charge on any atom is -0.435 e. The van der Waals surface area contributed by atoms with E-state index in [4.69, 9.17) is 5.26 Å². The number of nitriles is 1. The third-order valence-corrected chi connectivity index (χ3v) is 3.32. The first-order chi connectivity index (χ1) is 10.3. The molecule has 1 amide bonds. The van der Waals surface area contributed by atoms with Crippen molar-refractivity contribution in [3.05, 3.63) is 24.3 Å². The Labute approximate surface area is 128 Å². The van der Waals surface area contributed by atoms with Crippen LogP contribution in [0.3, 0.4) is 0 Å². The molecule has 0 aliphatic carbocycles. The Morgan fingerprint density at radius 3 is 2.41 bits per heavy atom. The van der Waals surface area contributed by atoms with Gasteiger partial charge in [-0.25, -0.2) is 0 Å². The first kappa shape index (κ1) is 17.7. The Hall–Kier alpha value is -2.36. The van der Waals surface area contributed by atoms with Gasteiger partial charge in [0, 0.05) is 5.69 Å². The van der Waals surface area contributed by atoms with Crippen LogP contribution in [0.25, 0.3) is 0 Å². The molecule has 0 fully saturated rings. The van der Waals surface area contributed by atoms with E-state index in [0.717, 1.165) is 0 Å². The smallest absolute Gasteiger partial charge is 0.387 e. The second kappa shape index (κ2) is 7.59. The average Bonchev–Trinajstić information content (AvgIpc) is 2.45. The van der Waals surface area contributed by atoms with E-state index in [-0.39, 0.29) is 24.1 Å². The number of alkyl halides is 2. The van der Waals surface area contributed by atoms with E-state index in [1.54, 1.807) is 6.92 Å². The van der Waals surface area contributed by atoms with Crippen molar-refractivity contribution in [1.29, 1.82) is 5.26 Å². The number of nitrogens with zero attached hydrogens (tertiary/aromatic N) is 1. The minimum absolute atomic E-state index is 0.0287. The SMILES string of the molecule is CC(C)C(C)(C#N)NC(=O)CNc1ccc(OC(F)F)cc1. The van der Waals surface area contributed by atoms with Crippen molar-refractivity contribution < 1.29 is 18.3 Å². The predicted molar refractivity (Wildman–Crippen MR) is 78.6 cm³/mol. The summed E-state index contributed by atoms with van der Waals surface area (Å²) in [4.78, 5) is 11.9. The van der Waals surface area contributed by atoms with Crippen LogP contribution in [0.1, 0.15) is 20.8 Å². The standard InChI is InChI=1S/C15H19F2N3O2/c1-10(2)15(3,9-18)20-13(21)8-19-11-4-6-12(7-5-11)22-14(16)17/h4-7,10,14,19H,8H2,1-3H3,(H,20,21). The first-order valence-electron chi connectivity index (χ1n) is 6.78. The average molecular weight is 311 g/mol. The maximum Gasteiger partial charge on any atom is 0.387 e. The molecule has 22 heavy (non-hydrogen) atoms. The molecule has 0 saturated heterocycles. The lowest BCUT2D eigenvalue weighted by atomic mass is 9.90. The van der Waals surface area contributed by atoms with Gasteiger partial charge in [-0.2, -0.15) is 14.0 Å². The molecule has 7 heteroatoms.